The lowest BCUT2D eigenvalue weighted by Crippen LogP contribution is -2.53. The number of aryl methyl sites for hydroxylation is 1. The molecule has 2 aromatic rings. The highest BCUT2D eigenvalue weighted by Crippen LogP contribution is 2.27. The van der Waals surface area contributed by atoms with E-state index in [1.165, 1.54) is 0 Å². The quantitative estimate of drug-likeness (QED) is 0.795. The first-order valence-electron chi connectivity index (χ1n) is 9.42. The van der Waals surface area contributed by atoms with Crippen molar-refractivity contribution in [2.75, 3.05) is 58.8 Å². The molecule has 2 heterocycles. The summed E-state index contributed by atoms with van der Waals surface area (Å²) in [5.41, 5.74) is 1.06. The third-order valence-electron chi connectivity index (χ3n) is 5.11. The number of ether oxygens (including phenoxy) is 1. The van der Waals surface area contributed by atoms with Gasteiger partial charge in [-0.15, -0.1) is 10.2 Å². The first-order chi connectivity index (χ1) is 13.5. The number of urea groups is 1. The Morgan fingerprint density at radius 1 is 1.25 bits per heavy atom. The maximum Gasteiger partial charge on any atom is 0.317 e. The average molecular weight is 387 g/mol. The minimum Gasteiger partial charge on any atom is -0.496 e. The molecular weight excluding hydrogens is 358 g/mol. The number of carbonyl (C=O) groups excluding carboxylic acids is 1. The first-order valence-corrected chi connectivity index (χ1v) is 9.42. The van der Waals surface area contributed by atoms with Gasteiger partial charge in [-0.1, -0.05) is 18.2 Å². The number of likely N-dealkylation sites (N-methyl/N-ethyl adjacent to an activating group) is 1. The molecule has 9 heteroatoms. The molecule has 0 radical (unpaired) electrons. The lowest BCUT2D eigenvalue weighted by molar-refractivity contribution is 0.188. The van der Waals surface area contributed by atoms with Gasteiger partial charge >= 0.3 is 6.03 Å². The second-order valence-corrected chi connectivity index (χ2v) is 7.12. The SMILES string of the molecule is COc1ccccc1C(CNC(=O)N1CCN(c2nncn2C)CC1)N(C)C. The van der Waals surface area contributed by atoms with Crippen LogP contribution in [0.25, 0.3) is 0 Å². The normalized spacial score (nSPS) is 15.6. The predicted octanol–water partition coefficient (Wildman–Crippen LogP) is 0.958. The minimum absolute atomic E-state index is 0.0278. The summed E-state index contributed by atoms with van der Waals surface area (Å²) in [7, 11) is 7.60. The Kier molecular flexibility index (Phi) is 6.35. The van der Waals surface area contributed by atoms with E-state index in [0.29, 0.717) is 19.6 Å². The van der Waals surface area contributed by atoms with E-state index >= 15 is 0 Å². The van der Waals surface area contributed by atoms with Crippen LogP contribution in [0.2, 0.25) is 0 Å². The highest BCUT2D eigenvalue weighted by atomic mass is 16.5. The van der Waals surface area contributed by atoms with Gasteiger partial charge in [0.1, 0.15) is 12.1 Å². The molecule has 1 fully saturated rings. The topological polar surface area (TPSA) is 78.8 Å². The number of nitrogens with zero attached hydrogens (tertiary/aromatic N) is 6. The Hall–Kier alpha value is -2.81. The maximum atomic E-state index is 12.7. The standard InChI is InChI=1S/C19H29N7O2/c1-23(2)16(15-7-5-6-8-17(15)28-4)13-20-19(27)26-11-9-25(10-12-26)18-22-21-14-24(18)3/h5-8,14,16H,9-13H2,1-4H3,(H,20,27). The van der Waals surface area contributed by atoms with E-state index in [-0.39, 0.29) is 12.1 Å². The van der Waals surface area contributed by atoms with Crippen molar-refractivity contribution in [2.24, 2.45) is 7.05 Å². The fourth-order valence-electron chi connectivity index (χ4n) is 3.48. The molecule has 0 spiro atoms. The number of carbonyl (C=O) groups is 1. The molecule has 1 aromatic heterocycles. The highest BCUT2D eigenvalue weighted by molar-refractivity contribution is 5.74. The fourth-order valence-corrected chi connectivity index (χ4v) is 3.48. The lowest BCUT2D eigenvalue weighted by Gasteiger charge is -2.35. The summed E-state index contributed by atoms with van der Waals surface area (Å²) in [6.45, 7) is 3.29. The van der Waals surface area contributed by atoms with Crippen LogP contribution in [0.3, 0.4) is 0 Å². The zero-order chi connectivity index (χ0) is 20.1. The number of methoxy groups -OCH3 is 1. The number of amides is 2. The number of anilines is 1. The Labute approximate surface area is 165 Å². The minimum atomic E-state index is -0.0423. The highest BCUT2D eigenvalue weighted by Gasteiger charge is 2.25. The molecule has 1 unspecified atom stereocenters. The molecule has 1 atom stereocenters. The molecule has 0 saturated carbocycles. The number of benzene rings is 1. The van der Waals surface area contributed by atoms with Crippen LogP contribution < -0.4 is 15.0 Å². The fraction of sp³-hybridized carbons (Fsp3) is 0.526. The van der Waals surface area contributed by atoms with Crippen molar-refractivity contribution < 1.29 is 9.53 Å². The van der Waals surface area contributed by atoms with Crippen LogP contribution in [-0.2, 0) is 7.05 Å². The van der Waals surface area contributed by atoms with Gasteiger partial charge < -0.3 is 29.3 Å². The smallest absolute Gasteiger partial charge is 0.317 e. The Balaban J connectivity index is 1.56. The van der Waals surface area contributed by atoms with Gasteiger partial charge in [0, 0.05) is 45.3 Å². The van der Waals surface area contributed by atoms with Crippen molar-refractivity contribution in [2.45, 2.75) is 6.04 Å². The second kappa shape index (κ2) is 8.92. The summed E-state index contributed by atoms with van der Waals surface area (Å²) in [4.78, 5) is 18.8. The van der Waals surface area contributed by atoms with Crippen molar-refractivity contribution in [1.29, 1.82) is 0 Å². The molecule has 1 aromatic carbocycles. The number of para-hydroxylation sites is 1. The summed E-state index contributed by atoms with van der Waals surface area (Å²) in [5, 5.41) is 11.1. The summed E-state index contributed by atoms with van der Waals surface area (Å²) in [6, 6.07) is 7.90. The van der Waals surface area contributed by atoms with Crippen LogP contribution in [-0.4, -0.2) is 84.5 Å². The number of hydrogen-bond donors (Lipinski definition) is 1. The van der Waals surface area contributed by atoms with E-state index in [1.807, 2.05) is 54.9 Å². The Bertz CT molecular complexity index is 784. The van der Waals surface area contributed by atoms with Gasteiger partial charge in [0.05, 0.1) is 13.2 Å². The van der Waals surface area contributed by atoms with Crippen LogP contribution in [0.1, 0.15) is 11.6 Å². The van der Waals surface area contributed by atoms with Gasteiger partial charge in [0.25, 0.3) is 0 Å². The van der Waals surface area contributed by atoms with Crippen LogP contribution >= 0.6 is 0 Å². The molecule has 152 valence electrons. The van der Waals surface area contributed by atoms with E-state index in [4.69, 9.17) is 4.74 Å². The molecule has 1 saturated heterocycles. The molecule has 2 amide bonds. The molecule has 0 bridgehead atoms. The molecule has 1 aliphatic heterocycles. The summed E-state index contributed by atoms with van der Waals surface area (Å²) >= 11 is 0. The summed E-state index contributed by atoms with van der Waals surface area (Å²) < 4.78 is 7.38. The van der Waals surface area contributed by atoms with Crippen LogP contribution in [0.15, 0.2) is 30.6 Å². The van der Waals surface area contributed by atoms with Crippen molar-refractivity contribution in [3.63, 3.8) is 0 Å². The predicted molar refractivity (Wildman–Crippen MR) is 108 cm³/mol. The molecule has 1 N–H and O–H groups in total. The van der Waals surface area contributed by atoms with Crippen molar-refractivity contribution >= 4 is 12.0 Å². The van der Waals surface area contributed by atoms with E-state index in [2.05, 4.69) is 25.3 Å². The monoisotopic (exact) mass is 387 g/mol. The zero-order valence-corrected chi connectivity index (χ0v) is 17.0. The van der Waals surface area contributed by atoms with Gasteiger partial charge in [-0.3, -0.25) is 0 Å². The first kappa shape index (κ1) is 19.9. The lowest BCUT2D eigenvalue weighted by atomic mass is 10.0. The average Bonchev–Trinajstić information content (AvgIpc) is 3.14. The summed E-state index contributed by atoms with van der Waals surface area (Å²) in [5.74, 6) is 1.66. The van der Waals surface area contributed by atoms with E-state index in [0.717, 1.165) is 30.4 Å². The zero-order valence-electron chi connectivity index (χ0n) is 17.0. The Morgan fingerprint density at radius 2 is 1.96 bits per heavy atom. The third-order valence-corrected chi connectivity index (χ3v) is 5.11. The molecule has 28 heavy (non-hydrogen) atoms. The van der Waals surface area contributed by atoms with Crippen LogP contribution in [0.5, 0.6) is 5.75 Å². The number of rotatable bonds is 6. The largest absolute Gasteiger partial charge is 0.496 e. The molecular formula is C19H29N7O2. The van der Waals surface area contributed by atoms with Gasteiger partial charge in [0.2, 0.25) is 5.95 Å². The van der Waals surface area contributed by atoms with Crippen molar-refractivity contribution in [3.8, 4) is 5.75 Å². The van der Waals surface area contributed by atoms with E-state index in [9.17, 15) is 4.79 Å². The third kappa shape index (κ3) is 4.36. The molecule has 9 nitrogen and oxygen atoms in total. The van der Waals surface area contributed by atoms with Gasteiger partial charge in [-0.05, 0) is 20.2 Å². The number of hydrogen-bond acceptors (Lipinski definition) is 6. The van der Waals surface area contributed by atoms with Crippen LogP contribution in [0.4, 0.5) is 10.7 Å². The number of nitrogens with one attached hydrogen (secondary N) is 1. The van der Waals surface area contributed by atoms with E-state index in [1.54, 1.807) is 13.4 Å². The van der Waals surface area contributed by atoms with Crippen LogP contribution in [0, 0.1) is 0 Å². The van der Waals surface area contributed by atoms with Gasteiger partial charge in [-0.25, -0.2) is 4.79 Å². The van der Waals surface area contributed by atoms with E-state index < -0.39 is 0 Å². The number of aromatic nitrogens is 3. The second-order valence-electron chi connectivity index (χ2n) is 7.12. The summed E-state index contributed by atoms with van der Waals surface area (Å²) in [6.07, 6.45) is 1.69. The molecule has 0 aliphatic carbocycles. The molecule has 1 aliphatic rings. The van der Waals surface area contributed by atoms with Crippen molar-refractivity contribution in [1.82, 2.24) is 29.9 Å². The molecule has 3 rings (SSSR count). The maximum absolute atomic E-state index is 12.7. The Morgan fingerprint density at radius 3 is 2.57 bits per heavy atom. The number of piperazine rings is 1. The van der Waals surface area contributed by atoms with Gasteiger partial charge in [-0.2, -0.15) is 0 Å². The van der Waals surface area contributed by atoms with Crippen molar-refractivity contribution in [3.05, 3.63) is 36.2 Å². The van der Waals surface area contributed by atoms with Gasteiger partial charge in [0.15, 0.2) is 0 Å².